The predicted octanol–water partition coefficient (Wildman–Crippen LogP) is 4.49. The van der Waals surface area contributed by atoms with Gasteiger partial charge in [0, 0.05) is 10.7 Å². The van der Waals surface area contributed by atoms with Crippen molar-refractivity contribution < 1.29 is 0 Å². The maximum absolute atomic E-state index is 6.15. The molecular weight excluding hydrogens is 242 g/mol. The molecule has 2 heteroatoms. The van der Waals surface area contributed by atoms with Gasteiger partial charge in [-0.05, 0) is 48.9 Å². The van der Waals surface area contributed by atoms with Crippen LogP contribution in [0.15, 0.2) is 48.5 Å². The number of unbranched alkanes of at least 4 members (excludes halogenated alkanes) is 1. The highest BCUT2D eigenvalue weighted by atomic mass is 35.5. The topological polar surface area (TPSA) is 26.0 Å². The number of hydrogen-bond donors (Lipinski definition) is 1. The zero-order valence-corrected chi connectivity index (χ0v) is 11.2. The van der Waals surface area contributed by atoms with Crippen molar-refractivity contribution in [3.8, 4) is 0 Å². The Hall–Kier alpha value is -1.47. The van der Waals surface area contributed by atoms with E-state index in [0.29, 0.717) is 0 Å². The van der Waals surface area contributed by atoms with Crippen LogP contribution < -0.4 is 5.73 Å². The summed E-state index contributed by atoms with van der Waals surface area (Å²) in [6, 6.07) is 16.4. The summed E-state index contributed by atoms with van der Waals surface area (Å²) in [5.41, 5.74) is 9.00. The molecule has 94 valence electrons. The van der Waals surface area contributed by atoms with E-state index < -0.39 is 0 Å². The lowest BCUT2D eigenvalue weighted by atomic mass is 10.0. The van der Waals surface area contributed by atoms with Gasteiger partial charge < -0.3 is 5.73 Å². The Bertz CT molecular complexity index is 494. The number of hydrogen-bond acceptors (Lipinski definition) is 1. The van der Waals surface area contributed by atoms with Gasteiger partial charge in [-0.15, -0.1) is 0 Å². The zero-order valence-electron chi connectivity index (χ0n) is 10.4. The van der Waals surface area contributed by atoms with Crippen molar-refractivity contribution in [2.45, 2.75) is 25.7 Å². The van der Waals surface area contributed by atoms with Crippen molar-refractivity contribution in [2.75, 3.05) is 5.73 Å². The second kappa shape index (κ2) is 6.46. The van der Waals surface area contributed by atoms with Crippen LogP contribution in [0.5, 0.6) is 0 Å². The summed E-state index contributed by atoms with van der Waals surface area (Å²) in [4.78, 5) is 0. The summed E-state index contributed by atoms with van der Waals surface area (Å²) in [7, 11) is 0. The third-order valence-electron chi connectivity index (χ3n) is 3.08. The van der Waals surface area contributed by atoms with E-state index in [9.17, 15) is 0 Å². The molecular formula is C16H18ClN. The molecule has 0 heterocycles. The van der Waals surface area contributed by atoms with E-state index in [1.165, 1.54) is 17.5 Å². The molecule has 0 spiro atoms. The van der Waals surface area contributed by atoms with E-state index >= 15 is 0 Å². The number of nitrogens with two attached hydrogens (primary N) is 1. The van der Waals surface area contributed by atoms with Gasteiger partial charge in [-0.3, -0.25) is 0 Å². The van der Waals surface area contributed by atoms with Gasteiger partial charge in [0.15, 0.2) is 0 Å². The first kappa shape index (κ1) is 13.0. The fourth-order valence-corrected chi connectivity index (χ4v) is 2.34. The van der Waals surface area contributed by atoms with Gasteiger partial charge in [-0.25, -0.2) is 0 Å². The van der Waals surface area contributed by atoms with E-state index in [1.54, 1.807) is 0 Å². The fraction of sp³-hybridized carbons (Fsp3) is 0.250. The molecule has 0 saturated heterocycles. The third-order valence-corrected chi connectivity index (χ3v) is 3.43. The molecule has 0 aliphatic carbocycles. The largest absolute Gasteiger partial charge is 0.399 e. The molecule has 0 aromatic heterocycles. The Morgan fingerprint density at radius 1 is 0.889 bits per heavy atom. The molecule has 0 bridgehead atoms. The first-order valence-electron chi connectivity index (χ1n) is 6.33. The third kappa shape index (κ3) is 3.78. The molecule has 0 atom stereocenters. The minimum atomic E-state index is 0.730. The Labute approximate surface area is 114 Å². The van der Waals surface area contributed by atoms with E-state index in [4.69, 9.17) is 17.3 Å². The summed E-state index contributed by atoms with van der Waals surface area (Å²) in [6.07, 6.45) is 4.49. The Morgan fingerprint density at radius 3 is 2.33 bits per heavy atom. The van der Waals surface area contributed by atoms with E-state index in [0.717, 1.165) is 30.0 Å². The molecule has 2 rings (SSSR count). The smallest absolute Gasteiger partial charge is 0.0458 e. The average Bonchev–Trinajstić information content (AvgIpc) is 2.38. The number of rotatable bonds is 5. The monoisotopic (exact) mass is 259 g/mol. The number of aryl methyl sites for hydroxylation is 2. The standard InChI is InChI=1S/C16H18ClN/c17-16-12-15(18)11-10-14(16)9-5-4-8-13-6-2-1-3-7-13/h1-3,6-7,10-12H,4-5,8-9,18H2. The molecule has 0 radical (unpaired) electrons. The zero-order chi connectivity index (χ0) is 12.8. The lowest BCUT2D eigenvalue weighted by molar-refractivity contribution is 0.734. The first-order chi connectivity index (χ1) is 8.75. The second-order valence-electron chi connectivity index (χ2n) is 4.54. The van der Waals surface area contributed by atoms with Crippen LogP contribution in [0.4, 0.5) is 5.69 Å². The molecule has 1 nitrogen and oxygen atoms in total. The van der Waals surface area contributed by atoms with Crippen molar-refractivity contribution >= 4 is 17.3 Å². The lowest BCUT2D eigenvalue weighted by Gasteiger charge is -2.05. The quantitative estimate of drug-likeness (QED) is 0.621. The molecule has 0 fully saturated rings. The molecule has 18 heavy (non-hydrogen) atoms. The number of anilines is 1. The van der Waals surface area contributed by atoms with Gasteiger partial charge in [0.2, 0.25) is 0 Å². The van der Waals surface area contributed by atoms with Crippen LogP contribution in [0.2, 0.25) is 5.02 Å². The van der Waals surface area contributed by atoms with E-state index in [2.05, 4.69) is 30.3 Å². The van der Waals surface area contributed by atoms with Crippen molar-refractivity contribution in [1.82, 2.24) is 0 Å². The van der Waals surface area contributed by atoms with Crippen LogP contribution in [0.3, 0.4) is 0 Å². The van der Waals surface area contributed by atoms with Gasteiger partial charge >= 0.3 is 0 Å². The lowest BCUT2D eigenvalue weighted by Crippen LogP contribution is -1.92. The Morgan fingerprint density at radius 2 is 1.61 bits per heavy atom. The van der Waals surface area contributed by atoms with Crippen LogP contribution in [0, 0.1) is 0 Å². The molecule has 0 saturated carbocycles. The van der Waals surface area contributed by atoms with Gasteiger partial charge in [0.05, 0.1) is 0 Å². The van der Waals surface area contributed by atoms with Crippen LogP contribution in [-0.4, -0.2) is 0 Å². The highest BCUT2D eigenvalue weighted by molar-refractivity contribution is 6.31. The molecule has 0 unspecified atom stereocenters. The number of halogens is 1. The predicted molar refractivity (Wildman–Crippen MR) is 78.9 cm³/mol. The average molecular weight is 260 g/mol. The molecule has 0 aliphatic heterocycles. The minimum absolute atomic E-state index is 0.730. The summed E-state index contributed by atoms with van der Waals surface area (Å²) >= 11 is 6.15. The van der Waals surface area contributed by atoms with Crippen molar-refractivity contribution in [2.24, 2.45) is 0 Å². The van der Waals surface area contributed by atoms with Crippen LogP contribution in [-0.2, 0) is 12.8 Å². The SMILES string of the molecule is Nc1ccc(CCCCc2ccccc2)c(Cl)c1. The van der Waals surface area contributed by atoms with Gasteiger partial charge in [0.1, 0.15) is 0 Å². The first-order valence-corrected chi connectivity index (χ1v) is 6.71. The summed E-state index contributed by atoms with van der Waals surface area (Å²) in [6.45, 7) is 0. The molecule has 0 aliphatic rings. The van der Waals surface area contributed by atoms with Crippen molar-refractivity contribution in [3.63, 3.8) is 0 Å². The Kier molecular flexibility index (Phi) is 4.66. The van der Waals surface area contributed by atoms with Gasteiger partial charge in [0.25, 0.3) is 0 Å². The maximum Gasteiger partial charge on any atom is 0.0458 e. The van der Waals surface area contributed by atoms with Gasteiger partial charge in [-0.2, -0.15) is 0 Å². The molecule has 2 aromatic carbocycles. The Balaban J connectivity index is 1.79. The highest BCUT2D eigenvalue weighted by Gasteiger charge is 2.00. The minimum Gasteiger partial charge on any atom is -0.399 e. The summed E-state index contributed by atoms with van der Waals surface area (Å²) in [5.74, 6) is 0. The van der Waals surface area contributed by atoms with Gasteiger partial charge in [-0.1, -0.05) is 48.0 Å². The second-order valence-corrected chi connectivity index (χ2v) is 4.95. The van der Waals surface area contributed by atoms with Crippen LogP contribution in [0.1, 0.15) is 24.0 Å². The molecule has 0 amide bonds. The summed E-state index contributed by atoms with van der Waals surface area (Å²) < 4.78 is 0. The number of nitrogen functional groups attached to an aromatic ring is 1. The van der Waals surface area contributed by atoms with E-state index in [-0.39, 0.29) is 0 Å². The highest BCUT2D eigenvalue weighted by Crippen LogP contribution is 2.21. The van der Waals surface area contributed by atoms with E-state index in [1.807, 2.05) is 18.2 Å². The maximum atomic E-state index is 6.15. The van der Waals surface area contributed by atoms with Crippen molar-refractivity contribution in [1.29, 1.82) is 0 Å². The number of benzene rings is 2. The van der Waals surface area contributed by atoms with Crippen LogP contribution >= 0.6 is 11.6 Å². The molecule has 2 N–H and O–H groups in total. The fourth-order valence-electron chi connectivity index (χ4n) is 2.06. The van der Waals surface area contributed by atoms with Crippen LogP contribution in [0.25, 0.3) is 0 Å². The van der Waals surface area contributed by atoms with Crippen molar-refractivity contribution in [3.05, 3.63) is 64.7 Å². The summed E-state index contributed by atoms with van der Waals surface area (Å²) in [5, 5.41) is 0.787. The molecule has 2 aromatic rings. The normalized spacial score (nSPS) is 10.5.